The Bertz CT molecular complexity index is 554. The third-order valence-corrected chi connectivity index (χ3v) is 6.76. The van der Waals surface area contributed by atoms with Crippen molar-refractivity contribution in [2.75, 3.05) is 26.8 Å². The first-order chi connectivity index (χ1) is 14.0. The maximum atomic E-state index is 13.4. The summed E-state index contributed by atoms with van der Waals surface area (Å²) in [6.45, 7) is 1.88. The van der Waals surface area contributed by atoms with Crippen molar-refractivity contribution >= 4 is 23.5 Å². The molecule has 7 atom stereocenters. The number of piperidine rings is 2. The first-order valence-corrected chi connectivity index (χ1v) is 11.1. The standard InChI is InChI=1S/C20H33ClFN3O4/c1-28-20(27)13-3-6-17(23-10-13)19(26)25-18-7-2-12(9-24-18)11-29-14-4-5-16(22)15(21)8-14/h12-18,23-24H,2-11H2,1H3,(H,25,26). The number of carbonyl (C=O) groups excluding carboxylic acids is 2. The van der Waals surface area contributed by atoms with Gasteiger partial charge >= 0.3 is 5.97 Å². The summed E-state index contributed by atoms with van der Waals surface area (Å²) in [4.78, 5) is 24.1. The molecule has 3 fully saturated rings. The van der Waals surface area contributed by atoms with Crippen molar-refractivity contribution in [3.05, 3.63) is 0 Å². The van der Waals surface area contributed by atoms with Crippen LogP contribution in [0.25, 0.3) is 0 Å². The van der Waals surface area contributed by atoms with Crippen molar-refractivity contribution in [1.82, 2.24) is 16.0 Å². The van der Waals surface area contributed by atoms with Crippen LogP contribution in [0.3, 0.4) is 0 Å². The van der Waals surface area contributed by atoms with E-state index in [1.807, 2.05) is 0 Å². The Kier molecular flexibility index (Phi) is 8.53. The van der Waals surface area contributed by atoms with Gasteiger partial charge < -0.3 is 20.1 Å². The monoisotopic (exact) mass is 433 g/mol. The average molecular weight is 434 g/mol. The van der Waals surface area contributed by atoms with E-state index in [0.717, 1.165) is 25.8 Å². The molecule has 3 N–H and O–H groups in total. The lowest BCUT2D eigenvalue weighted by Gasteiger charge is -2.34. The average Bonchev–Trinajstić information content (AvgIpc) is 2.75. The zero-order valence-electron chi connectivity index (χ0n) is 17.0. The summed E-state index contributed by atoms with van der Waals surface area (Å²) in [5, 5.41) is 9.15. The van der Waals surface area contributed by atoms with Gasteiger partial charge in [-0.05, 0) is 50.9 Å². The number of esters is 1. The predicted octanol–water partition coefficient (Wildman–Crippen LogP) is 1.48. The SMILES string of the molecule is COC(=O)C1CCC(C(=O)NC2CCC(COC3CCC(F)C(Cl)C3)CN2)NC1. The van der Waals surface area contributed by atoms with Crippen LogP contribution in [-0.4, -0.2) is 68.5 Å². The van der Waals surface area contributed by atoms with Crippen LogP contribution in [0.5, 0.6) is 0 Å². The van der Waals surface area contributed by atoms with Crippen LogP contribution in [0.4, 0.5) is 4.39 Å². The maximum absolute atomic E-state index is 13.4. The Hall–Kier alpha value is -0.960. The number of hydrogen-bond acceptors (Lipinski definition) is 6. The van der Waals surface area contributed by atoms with Crippen LogP contribution in [0.1, 0.15) is 44.9 Å². The number of hydrogen-bond donors (Lipinski definition) is 3. The first-order valence-electron chi connectivity index (χ1n) is 10.7. The Morgan fingerprint density at radius 2 is 1.93 bits per heavy atom. The molecule has 3 rings (SSSR count). The van der Waals surface area contributed by atoms with Gasteiger partial charge in [-0.25, -0.2) is 4.39 Å². The maximum Gasteiger partial charge on any atom is 0.309 e. The van der Waals surface area contributed by atoms with Gasteiger partial charge in [0, 0.05) is 13.1 Å². The van der Waals surface area contributed by atoms with E-state index in [9.17, 15) is 14.0 Å². The van der Waals surface area contributed by atoms with Crippen LogP contribution in [0.2, 0.25) is 0 Å². The molecule has 9 heteroatoms. The molecule has 1 aliphatic carbocycles. The topological polar surface area (TPSA) is 88.7 Å². The van der Waals surface area contributed by atoms with Crippen LogP contribution in [0, 0.1) is 11.8 Å². The molecule has 29 heavy (non-hydrogen) atoms. The minimum Gasteiger partial charge on any atom is -0.469 e. The molecule has 2 aliphatic heterocycles. The van der Waals surface area contributed by atoms with E-state index in [2.05, 4.69) is 16.0 Å². The van der Waals surface area contributed by atoms with Gasteiger partial charge in [0.15, 0.2) is 0 Å². The lowest BCUT2D eigenvalue weighted by Crippen LogP contribution is -2.57. The fourth-order valence-electron chi connectivity index (χ4n) is 4.37. The largest absolute Gasteiger partial charge is 0.469 e. The van der Waals surface area contributed by atoms with Crippen molar-refractivity contribution in [2.24, 2.45) is 11.8 Å². The van der Waals surface area contributed by atoms with Gasteiger partial charge in [0.2, 0.25) is 5.91 Å². The number of ether oxygens (including phenoxy) is 2. The molecule has 0 aromatic heterocycles. The molecular formula is C20H33ClFN3O4. The van der Waals surface area contributed by atoms with E-state index < -0.39 is 11.5 Å². The van der Waals surface area contributed by atoms with E-state index in [4.69, 9.17) is 21.1 Å². The van der Waals surface area contributed by atoms with E-state index in [1.54, 1.807) is 0 Å². The molecule has 0 aromatic rings. The van der Waals surface area contributed by atoms with Gasteiger partial charge in [0.25, 0.3) is 0 Å². The summed E-state index contributed by atoms with van der Waals surface area (Å²) in [7, 11) is 1.39. The van der Waals surface area contributed by atoms with Crippen molar-refractivity contribution in [3.63, 3.8) is 0 Å². The lowest BCUT2D eigenvalue weighted by atomic mass is 9.93. The molecule has 0 radical (unpaired) electrons. The minimum atomic E-state index is -0.915. The van der Waals surface area contributed by atoms with Gasteiger partial charge in [-0.1, -0.05) is 0 Å². The minimum absolute atomic E-state index is 0.0309. The van der Waals surface area contributed by atoms with Crippen molar-refractivity contribution in [2.45, 2.75) is 74.8 Å². The smallest absolute Gasteiger partial charge is 0.309 e. The molecular weight excluding hydrogens is 401 g/mol. The number of amides is 1. The van der Waals surface area contributed by atoms with Gasteiger partial charge in [-0.2, -0.15) is 0 Å². The zero-order valence-corrected chi connectivity index (χ0v) is 17.8. The molecule has 2 heterocycles. The fraction of sp³-hybridized carbons (Fsp3) is 0.900. The number of carbonyl (C=O) groups is 2. The first kappa shape index (κ1) is 22.7. The zero-order chi connectivity index (χ0) is 20.8. The predicted molar refractivity (Wildman–Crippen MR) is 107 cm³/mol. The summed E-state index contributed by atoms with van der Waals surface area (Å²) in [5.41, 5.74) is 0. The summed E-state index contributed by atoms with van der Waals surface area (Å²) < 4.78 is 24.2. The van der Waals surface area contributed by atoms with E-state index >= 15 is 0 Å². The quantitative estimate of drug-likeness (QED) is 0.434. The number of halogens is 2. The van der Waals surface area contributed by atoms with Crippen molar-refractivity contribution in [1.29, 1.82) is 0 Å². The second-order valence-corrected chi connectivity index (χ2v) is 9.03. The lowest BCUT2D eigenvalue weighted by molar-refractivity contribution is -0.146. The highest BCUT2D eigenvalue weighted by atomic mass is 35.5. The highest BCUT2D eigenvalue weighted by Crippen LogP contribution is 2.28. The second kappa shape index (κ2) is 10.9. The number of rotatable bonds is 6. The molecule has 3 aliphatic rings. The van der Waals surface area contributed by atoms with Crippen molar-refractivity contribution in [3.8, 4) is 0 Å². The Morgan fingerprint density at radius 3 is 2.55 bits per heavy atom. The third-order valence-electron chi connectivity index (χ3n) is 6.31. The fourth-order valence-corrected chi connectivity index (χ4v) is 4.69. The van der Waals surface area contributed by atoms with Crippen molar-refractivity contribution < 1.29 is 23.5 Å². The number of alkyl halides is 2. The van der Waals surface area contributed by atoms with E-state index in [1.165, 1.54) is 7.11 Å². The second-order valence-electron chi connectivity index (χ2n) is 8.47. The molecule has 1 saturated carbocycles. The molecule has 7 nitrogen and oxygen atoms in total. The highest BCUT2D eigenvalue weighted by molar-refractivity contribution is 6.21. The summed E-state index contributed by atoms with van der Waals surface area (Å²) in [6.07, 6.45) is 3.95. The van der Waals surface area contributed by atoms with Crippen LogP contribution < -0.4 is 16.0 Å². The number of nitrogens with one attached hydrogen (secondary N) is 3. The Labute approximate surface area is 176 Å². The van der Waals surface area contributed by atoms with Crippen LogP contribution in [0.15, 0.2) is 0 Å². The van der Waals surface area contributed by atoms with Gasteiger partial charge in [0.1, 0.15) is 6.17 Å². The normalized spacial score (nSPS) is 38.2. The molecule has 2 saturated heterocycles. The number of methoxy groups -OCH3 is 1. The van der Waals surface area contributed by atoms with E-state index in [0.29, 0.717) is 44.8 Å². The Morgan fingerprint density at radius 1 is 1.10 bits per heavy atom. The summed E-state index contributed by atoms with van der Waals surface area (Å²) >= 11 is 6.01. The molecule has 1 amide bonds. The molecule has 0 spiro atoms. The van der Waals surface area contributed by atoms with Gasteiger partial charge in [-0.3, -0.25) is 14.9 Å². The Balaban J connectivity index is 1.31. The molecule has 0 aromatic carbocycles. The van der Waals surface area contributed by atoms with Crippen LogP contribution in [-0.2, 0) is 19.1 Å². The molecule has 0 bridgehead atoms. The summed E-state index contributed by atoms with van der Waals surface area (Å²) in [6, 6.07) is -0.270. The highest BCUT2D eigenvalue weighted by Gasteiger charge is 2.32. The third kappa shape index (κ3) is 6.51. The van der Waals surface area contributed by atoms with Crippen LogP contribution >= 0.6 is 11.6 Å². The molecule has 7 unspecified atom stereocenters. The summed E-state index contributed by atoms with van der Waals surface area (Å²) in [5.74, 6) is -0.0465. The molecule has 166 valence electrons. The van der Waals surface area contributed by atoms with Gasteiger partial charge in [-0.15, -0.1) is 11.6 Å². The van der Waals surface area contributed by atoms with E-state index in [-0.39, 0.29) is 36.1 Å². The van der Waals surface area contributed by atoms with Gasteiger partial charge in [0.05, 0.1) is 43.3 Å².